The molecular weight excluding hydrogens is 212 g/mol. The molecule has 0 saturated heterocycles. The summed E-state index contributed by atoms with van der Waals surface area (Å²) in [4.78, 5) is 9.34. The molecule has 0 heterocycles. The molecule has 1 rings (SSSR count). The summed E-state index contributed by atoms with van der Waals surface area (Å²) in [6, 6.07) is 1.15. The molecule has 0 aliphatic rings. The Morgan fingerprint density at radius 1 is 1.40 bits per heavy atom. The number of nitrogens with zero attached hydrogens (tertiary/aromatic N) is 1. The molecule has 1 aromatic rings. The predicted octanol–water partition coefficient (Wildman–Crippen LogP) is 1.86. The van der Waals surface area contributed by atoms with Crippen LogP contribution in [0.3, 0.4) is 0 Å². The fourth-order valence-electron chi connectivity index (χ4n) is 0.908. The molecule has 82 valence electrons. The lowest BCUT2D eigenvalue weighted by Crippen LogP contribution is -2.03. The van der Waals surface area contributed by atoms with E-state index in [2.05, 4.69) is 9.47 Å². The monoisotopic (exact) mass is 219 g/mol. The number of hydrogen-bond acceptors (Lipinski definition) is 4. The Kier molecular flexibility index (Phi) is 3.51. The summed E-state index contributed by atoms with van der Waals surface area (Å²) < 4.78 is 35.1. The molecule has 1 aromatic carbocycles. The molecule has 0 amide bonds. The third-order valence-corrected chi connectivity index (χ3v) is 1.51. The summed E-state index contributed by atoms with van der Waals surface area (Å²) in [6.07, 6.45) is 0. The first-order valence-electron chi connectivity index (χ1n) is 3.81. The van der Waals surface area contributed by atoms with Gasteiger partial charge in [0.2, 0.25) is 0 Å². The van der Waals surface area contributed by atoms with Gasteiger partial charge in [-0.05, 0) is 0 Å². The fraction of sp³-hybridized carbons (Fsp3) is 0.250. The molecule has 15 heavy (non-hydrogen) atoms. The maximum absolute atomic E-state index is 13.1. The molecule has 0 bridgehead atoms. The van der Waals surface area contributed by atoms with Crippen LogP contribution in [0.4, 0.5) is 14.5 Å². The quantitative estimate of drug-likeness (QED) is 0.440. The average molecular weight is 219 g/mol. The van der Waals surface area contributed by atoms with E-state index in [1.54, 1.807) is 0 Å². The average Bonchev–Trinajstić information content (AvgIpc) is 2.16. The Hall–Kier alpha value is -1.76. The van der Waals surface area contributed by atoms with Crippen LogP contribution in [0.2, 0.25) is 0 Å². The van der Waals surface area contributed by atoms with Crippen molar-refractivity contribution in [2.45, 2.75) is 0 Å². The topological polar surface area (TPSA) is 61.6 Å². The van der Waals surface area contributed by atoms with Crippen LogP contribution in [0.1, 0.15) is 0 Å². The smallest absolute Gasteiger partial charge is 0.275 e. The number of rotatable bonds is 4. The van der Waals surface area contributed by atoms with E-state index in [-0.39, 0.29) is 6.79 Å². The largest absolute Gasteiger partial charge is 0.461 e. The molecule has 0 N–H and O–H groups in total. The molecule has 0 fully saturated rings. The van der Waals surface area contributed by atoms with E-state index in [9.17, 15) is 18.9 Å². The Bertz CT molecular complexity index is 360. The zero-order chi connectivity index (χ0) is 11.4. The number of halogens is 2. The molecule has 0 spiro atoms. The Morgan fingerprint density at radius 2 is 1.93 bits per heavy atom. The van der Waals surface area contributed by atoms with Crippen LogP contribution in [0.15, 0.2) is 12.1 Å². The summed E-state index contributed by atoms with van der Waals surface area (Å²) in [5, 5.41) is 10.2. The van der Waals surface area contributed by atoms with E-state index in [4.69, 9.17) is 0 Å². The Morgan fingerprint density at radius 3 is 2.33 bits per heavy atom. The van der Waals surface area contributed by atoms with Crippen molar-refractivity contribution in [3.8, 4) is 5.75 Å². The number of nitro benzene ring substituents is 1. The first kappa shape index (κ1) is 11.3. The molecule has 0 aliphatic heterocycles. The molecule has 0 aliphatic carbocycles. The summed E-state index contributed by atoms with van der Waals surface area (Å²) in [5.74, 6) is -2.97. The van der Waals surface area contributed by atoms with Gasteiger partial charge in [0.15, 0.2) is 24.2 Å². The standard InChI is InChI=1S/C8H7F2NO4/c1-14-4-15-8-6(9)2-5(11(12)13)3-7(8)10/h2-3H,4H2,1H3. The highest BCUT2D eigenvalue weighted by Gasteiger charge is 2.17. The fourth-order valence-corrected chi connectivity index (χ4v) is 0.908. The normalized spacial score (nSPS) is 10.1. The molecule has 0 aromatic heterocycles. The van der Waals surface area contributed by atoms with Gasteiger partial charge in [-0.3, -0.25) is 10.1 Å². The number of benzene rings is 1. The molecule has 0 unspecified atom stereocenters. The molecule has 0 radical (unpaired) electrons. The van der Waals surface area contributed by atoms with Gasteiger partial charge in [-0.2, -0.15) is 0 Å². The van der Waals surface area contributed by atoms with Crippen LogP contribution in [0, 0.1) is 21.7 Å². The van der Waals surface area contributed by atoms with E-state index >= 15 is 0 Å². The van der Waals surface area contributed by atoms with Gasteiger partial charge in [-0.15, -0.1) is 0 Å². The van der Waals surface area contributed by atoms with Gasteiger partial charge in [-0.25, -0.2) is 8.78 Å². The lowest BCUT2D eigenvalue weighted by molar-refractivity contribution is -0.385. The zero-order valence-corrected chi connectivity index (χ0v) is 7.70. The van der Waals surface area contributed by atoms with Crippen molar-refractivity contribution in [1.82, 2.24) is 0 Å². The predicted molar refractivity (Wildman–Crippen MR) is 45.5 cm³/mol. The van der Waals surface area contributed by atoms with Crippen LogP contribution in [0.5, 0.6) is 5.75 Å². The lowest BCUT2D eigenvalue weighted by atomic mass is 10.3. The second kappa shape index (κ2) is 4.65. The minimum Gasteiger partial charge on any atom is -0.461 e. The molecule has 0 atom stereocenters. The molecular formula is C8H7F2NO4. The highest BCUT2D eigenvalue weighted by molar-refractivity contribution is 5.39. The van der Waals surface area contributed by atoms with Gasteiger partial charge in [-0.1, -0.05) is 0 Å². The van der Waals surface area contributed by atoms with E-state index in [0.717, 1.165) is 0 Å². The Labute approximate surface area is 83.4 Å². The number of hydrogen-bond donors (Lipinski definition) is 0. The highest BCUT2D eigenvalue weighted by atomic mass is 19.1. The second-order valence-corrected chi connectivity index (χ2v) is 2.55. The van der Waals surface area contributed by atoms with Gasteiger partial charge in [0.05, 0.1) is 17.1 Å². The third-order valence-electron chi connectivity index (χ3n) is 1.51. The minimum atomic E-state index is -1.14. The lowest BCUT2D eigenvalue weighted by Gasteiger charge is -2.06. The van der Waals surface area contributed by atoms with E-state index in [0.29, 0.717) is 12.1 Å². The third kappa shape index (κ3) is 2.59. The SMILES string of the molecule is COCOc1c(F)cc([N+](=O)[O-])cc1F. The number of methoxy groups -OCH3 is 1. The maximum Gasteiger partial charge on any atom is 0.275 e. The second-order valence-electron chi connectivity index (χ2n) is 2.55. The summed E-state index contributed by atoms with van der Waals surface area (Å²) in [7, 11) is 1.28. The molecule has 0 saturated carbocycles. The van der Waals surface area contributed by atoms with Crippen LogP contribution < -0.4 is 4.74 Å². The number of nitro groups is 1. The molecule has 5 nitrogen and oxygen atoms in total. The van der Waals surface area contributed by atoms with Crippen LogP contribution >= 0.6 is 0 Å². The first-order valence-corrected chi connectivity index (χ1v) is 3.81. The summed E-state index contributed by atoms with van der Waals surface area (Å²) >= 11 is 0. The highest BCUT2D eigenvalue weighted by Crippen LogP contribution is 2.26. The zero-order valence-electron chi connectivity index (χ0n) is 7.70. The minimum absolute atomic E-state index is 0.342. The van der Waals surface area contributed by atoms with Crippen molar-refractivity contribution in [3.63, 3.8) is 0 Å². The van der Waals surface area contributed by atoms with Crippen molar-refractivity contribution in [2.75, 3.05) is 13.9 Å². The summed E-state index contributed by atoms with van der Waals surface area (Å²) in [6.45, 7) is -0.342. The number of ether oxygens (including phenoxy) is 2. The van der Waals surface area contributed by atoms with Gasteiger partial charge in [0.25, 0.3) is 5.69 Å². The van der Waals surface area contributed by atoms with Crippen molar-refractivity contribution < 1.29 is 23.2 Å². The van der Waals surface area contributed by atoms with Gasteiger partial charge in [0.1, 0.15) is 0 Å². The van der Waals surface area contributed by atoms with Crippen molar-refractivity contribution >= 4 is 5.69 Å². The van der Waals surface area contributed by atoms with Gasteiger partial charge < -0.3 is 9.47 Å². The van der Waals surface area contributed by atoms with Crippen molar-refractivity contribution in [1.29, 1.82) is 0 Å². The van der Waals surface area contributed by atoms with Crippen molar-refractivity contribution in [3.05, 3.63) is 33.9 Å². The summed E-state index contributed by atoms with van der Waals surface area (Å²) in [5.41, 5.74) is -0.672. The maximum atomic E-state index is 13.1. The molecule has 7 heteroatoms. The van der Waals surface area contributed by atoms with E-state index < -0.39 is 28.0 Å². The Balaban J connectivity index is 3.04. The van der Waals surface area contributed by atoms with Gasteiger partial charge in [0, 0.05) is 7.11 Å². The number of non-ortho nitro benzene ring substituents is 1. The van der Waals surface area contributed by atoms with Crippen LogP contribution in [-0.2, 0) is 4.74 Å². The van der Waals surface area contributed by atoms with Crippen LogP contribution in [-0.4, -0.2) is 18.8 Å². The first-order chi connectivity index (χ1) is 7.06. The van der Waals surface area contributed by atoms with Crippen molar-refractivity contribution in [2.24, 2.45) is 0 Å². The van der Waals surface area contributed by atoms with Gasteiger partial charge >= 0.3 is 0 Å². The van der Waals surface area contributed by atoms with E-state index in [1.807, 2.05) is 0 Å². The van der Waals surface area contributed by atoms with E-state index in [1.165, 1.54) is 7.11 Å². The van der Waals surface area contributed by atoms with Crippen LogP contribution in [0.25, 0.3) is 0 Å².